The van der Waals surface area contributed by atoms with Gasteiger partial charge in [-0.2, -0.15) is 0 Å². The molecule has 0 radical (unpaired) electrons. The molecule has 0 unspecified atom stereocenters. The minimum absolute atomic E-state index is 0.0943. The molecule has 8 heteroatoms. The van der Waals surface area contributed by atoms with Crippen LogP contribution in [0.25, 0.3) is 10.9 Å². The maximum atomic E-state index is 13.5. The number of ether oxygens (including phenoxy) is 3. The Labute approximate surface area is 221 Å². The minimum atomic E-state index is -0.387. The van der Waals surface area contributed by atoms with Crippen LogP contribution in [0.2, 0.25) is 0 Å². The number of nitrogens with zero attached hydrogens (tertiary/aromatic N) is 1. The normalized spacial score (nSPS) is 13.8. The summed E-state index contributed by atoms with van der Waals surface area (Å²) < 4.78 is 16.1. The number of methoxy groups -OCH3 is 3. The highest BCUT2D eigenvalue weighted by Crippen LogP contribution is 2.38. The standard InChI is InChI=1S/C30H31N3O5/c1-36-26-16-20(17-27(37-2)28(26)38-3)29(34)32-25-11-7-5-9-22(25)30(35)33-14-12-19(13-15-33)23-18-31-24-10-6-4-8-21(23)24/h4-11,16-19,31H,12-15H2,1-3H3,(H,32,34). The van der Waals surface area contributed by atoms with Crippen molar-refractivity contribution in [1.82, 2.24) is 9.88 Å². The molecule has 2 N–H and O–H groups in total. The van der Waals surface area contributed by atoms with Gasteiger partial charge in [-0.1, -0.05) is 30.3 Å². The van der Waals surface area contributed by atoms with Gasteiger partial charge in [-0.05, 0) is 54.7 Å². The van der Waals surface area contributed by atoms with E-state index >= 15 is 0 Å². The van der Waals surface area contributed by atoms with E-state index in [0.29, 0.717) is 53.1 Å². The summed E-state index contributed by atoms with van der Waals surface area (Å²) in [4.78, 5) is 32.0. The maximum Gasteiger partial charge on any atom is 0.255 e. The van der Waals surface area contributed by atoms with Gasteiger partial charge in [0.15, 0.2) is 11.5 Å². The highest BCUT2D eigenvalue weighted by atomic mass is 16.5. The third-order valence-corrected chi connectivity index (χ3v) is 7.18. The van der Waals surface area contributed by atoms with Gasteiger partial charge in [0.05, 0.1) is 32.6 Å². The Kier molecular flexibility index (Phi) is 7.22. The zero-order valence-electron chi connectivity index (χ0n) is 21.7. The number of rotatable bonds is 7. The molecule has 196 valence electrons. The van der Waals surface area contributed by atoms with Crippen molar-refractivity contribution in [3.8, 4) is 17.2 Å². The first-order valence-electron chi connectivity index (χ1n) is 12.6. The summed E-state index contributed by atoms with van der Waals surface area (Å²) in [6.45, 7) is 1.30. The van der Waals surface area contributed by atoms with Crippen LogP contribution in [0.1, 0.15) is 45.0 Å². The van der Waals surface area contributed by atoms with Gasteiger partial charge in [-0.3, -0.25) is 9.59 Å². The number of amides is 2. The predicted molar refractivity (Wildman–Crippen MR) is 147 cm³/mol. The molecule has 0 bridgehead atoms. The van der Waals surface area contributed by atoms with E-state index in [1.807, 2.05) is 11.0 Å². The van der Waals surface area contributed by atoms with Gasteiger partial charge in [-0.15, -0.1) is 0 Å². The number of carbonyl (C=O) groups is 2. The SMILES string of the molecule is COc1cc(C(=O)Nc2ccccc2C(=O)N2CCC(c3c[nH]c4ccccc34)CC2)cc(OC)c1OC. The highest BCUT2D eigenvalue weighted by Gasteiger charge is 2.27. The number of likely N-dealkylation sites (tertiary alicyclic amines) is 1. The fraction of sp³-hybridized carbons (Fsp3) is 0.267. The van der Waals surface area contributed by atoms with E-state index in [1.54, 1.807) is 36.4 Å². The largest absolute Gasteiger partial charge is 0.493 e. The molecular formula is C30H31N3O5. The van der Waals surface area contributed by atoms with Crippen molar-refractivity contribution in [3.05, 3.63) is 83.6 Å². The van der Waals surface area contributed by atoms with E-state index in [1.165, 1.54) is 32.3 Å². The van der Waals surface area contributed by atoms with Crippen LogP contribution >= 0.6 is 0 Å². The summed E-state index contributed by atoms with van der Waals surface area (Å²) in [6, 6.07) is 18.6. The number of H-pyrrole nitrogens is 1. The summed E-state index contributed by atoms with van der Waals surface area (Å²) in [6.07, 6.45) is 3.86. The summed E-state index contributed by atoms with van der Waals surface area (Å²) in [7, 11) is 4.49. The molecule has 2 amide bonds. The van der Waals surface area contributed by atoms with Crippen molar-refractivity contribution in [3.63, 3.8) is 0 Å². The van der Waals surface area contributed by atoms with E-state index in [9.17, 15) is 9.59 Å². The van der Waals surface area contributed by atoms with Crippen LogP contribution in [0, 0.1) is 0 Å². The molecule has 1 aliphatic heterocycles. The molecule has 2 heterocycles. The van der Waals surface area contributed by atoms with Crippen molar-refractivity contribution in [2.24, 2.45) is 0 Å². The second-order valence-corrected chi connectivity index (χ2v) is 9.27. The number of piperidine rings is 1. The Balaban J connectivity index is 1.31. The Bertz CT molecular complexity index is 1440. The molecule has 8 nitrogen and oxygen atoms in total. The summed E-state index contributed by atoms with van der Waals surface area (Å²) in [5.41, 5.74) is 3.68. The molecule has 1 aliphatic rings. The van der Waals surface area contributed by atoms with Crippen molar-refractivity contribution >= 4 is 28.4 Å². The molecule has 0 saturated carbocycles. The Morgan fingerprint density at radius 1 is 0.895 bits per heavy atom. The van der Waals surface area contributed by atoms with Crippen molar-refractivity contribution < 1.29 is 23.8 Å². The smallest absolute Gasteiger partial charge is 0.255 e. The summed E-state index contributed by atoms with van der Waals surface area (Å²) in [5.74, 6) is 1.06. The Morgan fingerprint density at radius 2 is 1.55 bits per heavy atom. The maximum absolute atomic E-state index is 13.5. The Hall–Kier alpha value is -4.46. The number of nitrogens with one attached hydrogen (secondary N) is 2. The topological polar surface area (TPSA) is 92.9 Å². The van der Waals surface area contributed by atoms with Crippen LogP contribution in [-0.2, 0) is 0 Å². The average molecular weight is 514 g/mol. The lowest BCUT2D eigenvalue weighted by Crippen LogP contribution is -2.38. The molecule has 1 aromatic heterocycles. The average Bonchev–Trinajstić information content (AvgIpc) is 3.40. The van der Waals surface area contributed by atoms with Gasteiger partial charge < -0.3 is 29.4 Å². The molecule has 1 fully saturated rings. The summed E-state index contributed by atoms with van der Waals surface area (Å²) >= 11 is 0. The fourth-order valence-electron chi connectivity index (χ4n) is 5.18. The molecule has 0 aliphatic carbocycles. The van der Waals surface area contributed by atoms with Crippen molar-refractivity contribution in [2.75, 3.05) is 39.7 Å². The number of para-hydroxylation sites is 2. The zero-order chi connectivity index (χ0) is 26.6. The van der Waals surface area contributed by atoms with E-state index in [0.717, 1.165) is 18.4 Å². The summed E-state index contributed by atoms with van der Waals surface area (Å²) in [5, 5.41) is 4.14. The van der Waals surface area contributed by atoms with Gasteiger partial charge in [0.2, 0.25) is 5.75 Å². The monoisotopic (exact) mass is 513 g/mol. The highest BCUT2D eigenvalue weighted by molar-refractivity contribution is 6.09. The Morgan fingerprint density at radius 3 is 2.24 bits per heavy atom. The molecule has 4 aromatic rings. The number of carbonyl (C=O) groups excluding carboxylic acids is 2. The van der Waals surface area contributed by atoms with Gasteiger partial charge in [0, 0.05) is 35.8 Å². The molecule has 38 heavy (non-hydrogen) atoms. The first kappa shape index (κ1) is 25.2. The van der Waals surface area contributed by atoms with Crippen LogP contribution in [0.5, 0.6) is 17.2 Å². The number of anilines is 1. The van der Waals surface area contributed by atoms with Gasteiger partial charge in [-0.25, -0.2) is 0 Å². The van der Waals surface area contributed by atoms with Gasteiger partial charge in [0.1, 0.15) is 0 Å². The number of hydrogen-bond donors (Lipinski definition) is 2. The lowest BCUT2D eigenvalue weighted by molar-refractivity contribution is 0.0714. The molecular weight excluding hydrogens is 482 g/mol. The quantitative estimate of drug-likeness (QED) is 0.342. The molecule has 3 aromatic carbocycles. The first-order chi connectivity index (χ1) is 18.5. The van der Waals surface area contributed by atoms with Crippen molar-refractivity contribution in [2.45, 2.75) is 18.8 Å². The van der Waals surface area contributed by atoms with Gasteiger partial charge >= 0.3 is 0 Å². The van der Waals surface area contributed by atoms with E-state index in [-0.39, 0.29) is 11.8 Å². The van der Waals surface area contributed by atoms with Crippen LogP contribution < -0.4 is 19.5 Å². The first-order valence-corrected chi connectivity index (χ1v) is 12.6. The number of benzene rings is 3. The number of hydrogen-bond acceptors (Lipinski definition) is 5. The second-order valence-electron chi connectivity index (χ2n) is 9.27. The van der Waals surface area contributed by atoms with E-state index in [4.69, 9.17) is 14.2 Å². The van der Waals surface area contributed by atoms with E-state index < -0.39 is 0 Å². The fourth-order valence-corrected chi connectivity index (χ4v) is 5.18. The number of aromatic nitrogens is 1. The molecule has 0 spiro atoms. The molecule has 5 rings (SSSR count). The zero-order valence-corrected chi connectivity index (χ0v) is 21.7. The van der Waals surface area contributed by atoms with Crippen LogP contribution in [0.3, 0.4) is 0 Å². The minimum Gasteiger partial charge on any atom is -0.493 e. The lowest BCUT2D eigenvalue weighted by Gasteiger charge is -2.32. The third-order valence-electron chi connectivity index (χ3n) is 7.18. The third kappa shape index (κ3) is 4.77. The van der Waals surface area contributed by atoms with Crippen LogP contribution in [-0.4, -0.2) is 56.1 Å². The van der Waals surface area contributed by atoms with Crippen LogP contribution in [0.15, 0.2) is 66.9 Å². The van der Waals surface area contributed by atoms with Gasteiger partial charge in [0.25, 0.3) is 11.8 Å². The van der Waals surface area contributed by atoms with Crippen molar-refractivity contribution in [1.29, 1.82) is 0 Å². The lowest BCUT2D eigenvalue weighted by atomic mass is 9.89. The second kappa shape index (κ2) is 10.9. The predicted octanol–water partition coefficient (Wildman–Crippen LogP) is 5.47. The molecule has 1 saturated heterocycles. The number of fused-ring (bicyclic) bond motifs is 1. The van der Waals surface area contributed by atoms with Crippen LogP contribution in [0.4, 0.5) is 5.69 Å². The molecule has 0 atom stereocenters. The van der Waals surface area contributed by atoms with E-state index in [2.05, 4.69) is 34.7 Å². The number of aromatic amines is 1.